The van der Waals surface area contributed by atoms with Crippen LogP contribution in [0.3, 0.4) is 0 Å². The van der Waals surface area contributed by atoms with Crippen molar-refractivity contribution in [1.82, 2.24) is 0 Å². The Bertz CT molecular complexity index is 35.1. The Morgan fingerprint density at radius 1 is 1.00 bits per heavy atom. The van der Waals surface area contributed by atoms with E-state index in [0.29, 0.717) is 0 Å². The highest BCUT2D eigenvalue weighted by Crippen LogP contribution is 1.95. The van der Waals surface area contributed by atoms with Gasteiger partial charge in [-0.25, -0.2) is 0 Å². The smallest absolute Gasteiger partial charge is 0.0701 e. The van der Waals surface area contributed by atoms with E-state index in [-0.39, 0.29) is 0 Å². The van der Waals surface area contributed by atoms with Crippen molar-refractivity contribution in [3.05, 3.63) is 0 Å². The predicted molar refractivity (Wildman–Crippen MR) is 40.6 cm³/mol. The highest BCUT2D eigenvalue weighted by molar-refractivity contribution is 4.36. The van der Waals surface area contributed by atoms with Crippen LogP contribution in [0.1, 0.15) is 39.5 Å². The minimum Gasteiger partial charge on any atom is -0.377 e. The molecule has 0 saturated carbocycles. The monoisotopic (exact) mass is 130 g/mol. The molecule has 0 amide bonds. The largest absolute Gasteiger partial charge is 0.377 e. The molecule has 0 atom stereocenters. The molecule has 1 heterocycles. The average molecular weight is 130 g/mol. The molecule has 1 aliphatic heterocycles. The van der Waals surface area contributed by atoms with Gasteiger partial charge in [0.15, 0.2) is 0 Å². The maximum Gasteiger partial charge on any atom is 0.0701 e. The van der Waals surface area contributed by atoms with E-state index in [1.807, 2.05) is 0 Å². The Morgan fingerprint density at radius 2 is 1.33 bits per heavy atom. The number of unbranched alkanes of at least 4 members (excludes halogenated alkanes) is 3. The third-order valence-electron chi connectivity index (χ3n) is 1.16. The van der Waals surface area contributed by atoms with E-state index in [4.69, 9.17) is 0 Å². The summed E-state index contributed by atoms with van der Waals surface area (Å²) in [6.45, 7) is 6.46. The normalized spacial score (nSPS) is 14.0. The Morgan fingerprint density at radius 3 is 1.44 bits per heavy atom. The first-order chi connectivity index (χ1) is 4.41. The molecule has 0 aromatic rings. The van der Waals surface area contributed by atoms with Crippen LogP contribution in [-0.2, 0) is 4.74 Å². The van der Waals surface area contributed by atoms with Gasteiger partial charge in [-0.15, -0.1) is 0 Å². The number of epoxide rings is 1. The molecule has 1 saturated heterocycles. The van der Waals surface area contributed by atoms with Crippen LogP contribution < -0.4 is 0 Å². The van der Waals surface area contributed by atoms with Crippen molar-refractivity contribution in [3.8, 4) is 0 Å². The molecule has 1 fully saturated rings. The van der Waals surface area contributed by atoms with E-state index < -0.39 is 0 Å². The summed E-state index contributed by atoms with van der Waals surface area (Å²) in [6, 6.07) is 0. The number of hydrogen-bond donors (Lipinski definition) is 0. The van der Waals surface area contributed by atoms with Gasteiger partial charge < -0.3 is 4.74 Å². The summed E-state index contributed by atoms with van der Waals surface area (Å²) >= 11 is 0. The van der Waals surface area contributed by atoms with Gasteiger partial charge in [-0.3, -0.25) is 0 Å². The van der Waals surface area contributed by atoms with Crippen LogP contribution in [0.5, 0.6) is 0 Å². The Hall–Kier alpha value is -0.0400. The lowest BCUT2D eigenvalue weighted by atomic mass is 10.2. The van der Waals surface area contributed by atoms with Crippen LogP contribution in [0.25, 0.3) is 0 Å². The maximum atomic E-state index is 4.50. The van der Waals surface area contributed by atoms with Crippen molar-refractivity contribution in [2.45, 2.75) is 39.5 Å². The molecule has 0 spiro atoms. The van der Waals surface area contributed by atoms with Gasteiger partial charge in [0.1, 0.15) is 0 Å². The van der Waals surface area contributed by atoms with Crippen LogP contribution in [0, 0.1) is 0 Å². The van der Waals surface area contributed by atoms with Gasteiger partial charge in [0.2, 0.25) is 0 Å². The van der Waals surface area contributed by atoms with Gasteiger partial charge in [-0.2, -0.15) is 0 Å². The molecule has 0 bridgehead atoms. The quantitative estimate of drug-likeness (QED) is 0.422. The lowest BCUT2D eigenvalue weighted by Gasteiger charge is -1.86. The van der Waals surface area contributed by atoms with Crippen molar-refractivity contribution in [2.75, 3.05) is 13.2 Å². The first kappa shape index (κ1) is 8.96. The van der Waals surface area contributed by atoms with Crippen LogP contribution >= 0.6 is 0 Å². The van der Waals surface area contributed by atoms with E-state index >= 15 is 0 Å². The molecule has 1 aliphatic rings. The molecule has 1 nitrogen and oxygen atoms in total. The summed E-state index contributed by atoms with van der Waals surface area (Å²) in [5, 5.41) is 0. The Kier molecular flexibility index (Phi) is 7.92. The second kappa shape index (κ2) is 7.96. The first-order valence-corrected chi connectivity index (χ1v) is 3.99. The molecule has 0 aromatic carbocycles. The summed E-state index contributed by atoms with van der Waals surface area (Å²) in [7, 11) is 0. The second-order valence-corrected chi connectivity index (χ2v) is 2.32. The van der Waals surface area contributed by atoms with E-state index in [1.165, 1.54) is 25.7 Å². The van der Waals surface area contributed by atoms with Gasteiger partial charge in [0.25, 0.3) is 0 Å². The molecular formula is C8H18O. The average Bonchev–Trinajstić information content (AvgIpc) is 2.67. The van der Waals surface area contributed by atoms with Crippen molar-refractivity contribution in [3.63, 3.8) is 0 Å². The molecule has 56 valence electrons. The summed E-state index contributed by atoms with van der Waals surface area (Å²) in [4.78, 5) is 0. The molecule has 0 radical (unpaired) electrons. The zero-order chi connectivity index (χ0) is 6.95. The molecule has 9 heavy (non-hydrogen) atoms. The minimum atomic E-state index is 1.00. The molecule has 1 rings (SSSR count). The van der Waals surface area contributed by atoms with E-state index in [9.17, 15) is 0 Å². The van der Waals surface area contributed by atoms with Crippen LogP contribution in [0.4, 0.5) is 0 Å². The van der Waals surface area contributed by atoms with Gasteiger partial charge in [0, 0.05) is 0 Å². The van der Waals surface area contributed by atoms with Gasteiger partial charge in [-0.1, -0.05) is 39.5 Å². The molecule has 0 N–H and O–H groups in total. The summed E-state index contributed by atoms with van der Waals surface area (Å²) in [5.41, 5.74) is 0. The minimum absolute atomic E-state index is 1.00. The van der Waals surface area contributed by atoms with Crippen LogP contribution in [-0.4, -0.2) is 13.2 Å². The molecular weight excluding hydrogens is 112 g/mol. The predicted octanol–water partition coefficient (Wildman–Crippen LogP) is 2.60. The lowest BCUT2D eigenvalue weighted by molar-refractivity contribution is 0.475. The third kappa shape index (κ3) is 18.0. The van der Waals surface area contributed by atoms with E-state index in [0.717, 1.165) is 13.2 Å². The summed E-state index contributed by atoms with van der Waals surface area (Å²) in [6.07, 6.45) is 5.54. The van der Waals surface area contributed by atoms with Crippen LogP contribution in [0.15, 0.2) is 0 Å². The second-order valence-electron chi connectivity index (χ2n) is 2.32. The summed E-state index contributed by atoms with van der Waals surface area (Å²) < 4.78 is 4.50. The van der Waals surface area contributed by atoms with Crippen molar-refractivity contribution < 1.29 is 4.74 Å². The first-order valence-electron chi connectivity index (χ1n) is 3.99. The maximum absolute atomic E-state index is 4.50. The van der Waals surface area contributed by atoms with Crippen molar-refractivity contribution in [2.24, 2.45) is 0 Å². The fraction of sp³-hybridized carbons (Fsp3) is 1.00. The van der Waals surface area contributed by atoms with Gasteiger partial charge >= 0.3 is 0 Å². The van der Waals surface area contributed by atoms with Crippen molar-refractivity contribution >= 4 is 0 Å². The zero-order valence-corrected chi connectivity index (χ0v) is 6.65. The number of hydrogen-bond acceptors (Lipinski definition) is 1. The topological polar surface area (TPSA) is 12.5 Å². The zero-order valence-electron chi connectivity index (χ0n) is 6.65. The third-order valence-corrected chi connectivity index (χ3v) is 1.16. The van der Waals surface area contributed by atoms with E-state index in [1.54, 1.807) is 0 Å². The number of ether oxygens (including phenoxy) is 1. The Labute approximate surface area is 58.4 Å². The molecule has 1 heteroatoms. The van der Waals surface area contributed by atoms with Crippen molar-refractivity contribution in [1.29, 1.82) is 0 Å². The Balaban J connectivity index is 0.000000173. The fourth-order valence-electron chi connectivity index (χ4n) is 0.500. The van der Waals surface area contributed by atoms with Crippen LogP contribution in [0.2, 0.25) is 0 Å². The lowest BCUT2D eigenvalue weighted by Crippen LogP contribution is -1.66. The van der Waals surface area contributed by atoms with Gasteiger partial charge in [-0.05, 0) is 0 Å². The fourth-order valence-corrected chi connectivity index (χ4v) is 0.500. The molecule has 0 unspecified atom stereocenters. The molecule has 0 aliphatic carbocycles. The highest BCUT2D eigenvalue weighted by atomic mass is 16.6. The standard InChI is InChI=1S/C6H14.C2H4O/c1-3-5-6-4-2;1-2-3-1/h3-6H2,1-2H3;1-2H2. The van der Waals surface area contributed by atoms with Gasteiger partial charge in [0.05, 0.1) is 13.2 Å². The highest BCUT2D eigenvalue weighted by Gasteiger charge is 1.94. The van der Waals surface area contributed by atoms with E-state index in [2.05, 4.69) is 18.6 Å². The SMILES string of the molecule is C1CO1.CCCCCC. The molecule has 0 aromatic heterocycles. The summed E-state index contributed by atoms with van der Waals surface area (Å²) in [5.74, 6) is 0. The number of rotatable bonds is 3.